The van der Waals surface area contributed by atoms with Gasteiger partial charge >= 0.3 is 6.09 Å². The summed E-state index contributed by atoms with van der Waals surface area (Å²) in [6.45, 7) is 12.0. The highest BCUT2D eigenvalue weighted by molar-refractivity contribution is 14.0. The maximum Gasteiger partial charge on any atom is 0.407 e. The zero-order chi connectivity index (χ0) is 22.1. The van der Waals surface area contributed by atoms with Crippen LogP contribution in [0.1, 0.15) is 52.5 Å². The summed E-state index contributed by atoms with van der Waals surface area (Å²) in [5, 5.41) is 9.32. The monoisotopic (exact) mass is 548 g/mol. The van der Waals surface area contributed by atoms with E-state index >= 15 is 0 Å². The van der Waals surface area contributed by atoms with Crippen molar-refractivity contribution >= 4 is 36.0 Å². The van der Waals surface area contributed by atoms with Gasteiger partial charge in [0, 0.05) is 32.8 Å². The molecule has 8 heteroatoms. The number of halogens is 1. The fraction of sp³-hybridized carbons (Fsp3) is 0.652. The lowest BCUT2D eigenvalue weighted by Gasteiger charge is -2.19. The quantitative estimate of drug-likeness (QED) is 0.150. The molecule has 0 atom stereocenters. The van der Waals surface area contributed by atoms with Gasteiger partial charge in [-0.3, -0.25) is 4.99 Å². The van der Waals surface area contributed by atoms with Crippen molar-refractivity contribution in [1.82, 2.24) is 16.0 Å². The maximum atomic E-state index is 11.6. The largest absolute Gasteiger partial charge is 0.444 e. The van der Waals surface area contributed by atoms with E-state index in [1.807, 2.05) is 33.8 Å². The second-order valence-corrected chi connectivity index (χ2v) is 8.02. The Morgan fingerprint density at radius 1 is 0.968 bits per heavy atom. The Balaban J connectivity index is 0.00000900. The highest BCUT2D eigenvalue weighted by Gasteiger charge is 2.15. The third kappa shape index (κ3) is 17.8. The molecule has 1 amide bonds. The Morgan fingerprint density at radius 3 is 2.35 bits per heavy atom. The first kappa shape index (κ1) is 29.5. The van der Waals surface area contributed by atoms with Gasteiger partial charge < -0.3 is 25.4 Å². The lowest BCUT2D eigenvalue weighted by atomic mass is 10.2. The van der Waals surface area contributed by atoms with Crippen LogP contribution in [0.25, 0.3) is 0 Å². The number of benzene rings is 1. The van der Waals surface area contributed by atoms with Gasteiger partial charge in [0.05, 0.1) is 6.61 Å². The molecule has 3 N–H and O–H groups in total. The number of ether oxygens (including phenoxy) is 2. The van der Waals surface area contributed by atoms with Gasteiger partial charge in [-0.25, -0.2) is 4.79 Å². The highest BCUT2D eigenvalue weighted by atomic mass is 127. The molecule has 178 valence electrons. The van der Waals surface area contributed by atoms with Crippen molar-refractivity contribution in [2.75, 3.05) is 39.4 Å². The molecule has 0 heterocycles. The number of amides is 1. The van der Waals surface area contributed by atoms with Crippen molar-refractivity contribution in [3.8, 4) is 0 Å². The SMILES string of the molecule is CCNC(=NCCCNC(=O)OC(C)(C)C)NCCCCOCCc1ccccc1.I. The van der Waals surface area contributed by atoms with E-state index < -0.39 is 5.60 Å². The third-order valence-corrected chi connectivity index (χ3v) is 4.00. The predicted octanol–water partition coefficient (Wildman–Crippen LogP) is 4.11. The van der Waals surface area contributed by atoms with Crippen molar-refractivity contribution in [1.29, 1.82) is 0 Å². The van der Waals surface area contributed by atoms with Crippen LogP contribution in [-0.4, -0.2) is 57.0 Å². The standard InChI is InChI=1S/C23H40N4O3.HI/c1-5-24-21(26-16-11-17-27-22(28)30-23(2,3)4)25-15-9-10-18-29-19-14-20-12-7-6-8-13-20;/h6-8,12-13H,5,9-11,14-19H2,1-4H3,(H,27,28)(H2,24,25,26);1H. The Morgan fingerprint density at radius 2 is 1.68 bits per heavy atom. The van der Waals surface area contributed by atoms with E-state index in [0.717, 1.165) is 57.9 Å². The Kier molecular flexibility index (Phi) is 17.2. The Hall–Kier alpha value is -1.55. The Bertz CT molecular complexity index is 607. The molecule has 0 spiro atoms. The molecule has 0 radical (unpaired) electrons. The summed E-state index contributed by atoms with van der Waals surface area (Å²) in [5.41, 5.74) is 0.837. The van der Waals surface area contributed by atoms with Crippen LogP contribution in [0.3, 0.4) is 0 Å². The lowest BCUT2D eigenvalue weighted by Crippen LogP contribution is -2.38. The van der Waals surface area contributed by atoms with E-state index in [9.17, 15) is 4.79 Å². The van der Waals surface area contributed by atoms with E-state index in [1.165, 1.54) is 5.56 Å². The number of aliphatic imine (C=N–C) groups is 1. The smallest absolute Gasteiger partial charge is 0.407 e. The molecular formula is C23H41IN4O3. The molecule has 0 unspecified atom stereocenters. The summed E-state index contributed by atoms with van der Waals surface area (Å²) >= 11 is 0. The third-order valence-electron chi connectivity index (χ3n) is 4.00. The molecular weight excluding hydrogens is 507 g/mol. The molecule has 31 heavy (non-hydrogen) atoms. The molecule has 0 saturated carbocycles. The summed E-state index contributed by atoms with van der Waals surface area (Å²) in [5.74, 6) is 0.805. The summed E-state index contributed by atoms with van der Waals surface area (Å²) in [6, 6.07) is 10.4. The normalized spacial score (nSPS) is 11.4. The van der Waals surface area contributed by atoms with Gasteiger partial charge in [0.25, 0.3) is 0 Å². The van der Waals surface area contributed by atoms with E-state index in [1.54, 1.807) is 0 Å². The average molecular weight is 549 g/mol. The zero-order valence-electron chi connectivity index (χ0n) is 19.5. The number of nitrogens with zero attached hydrogens (tertiary/aromatic N) is 1. The second-order valence-electron chi connectivity index (χ2n) is 8.02. The number of nitrogens with one attached hydrogen (secondary N) is 3. The summed E-state index contributed by atoms with van der Waals surface area (Å²) < 4.78 is 10.9. The first-order valence-electron chi connectivity index (χ1n) is 11.0. The van der Waals surface area contributed by atoms with Gasteiger partial charge in [0.2, 0.25) is 0 Å². The number of unbranched alkanes of at least 4 members (excludes halogenated alkanes) is 1. The number of guanidine groups is 1. The molecule has 0 aliphatic heterocycles. The summed E-state index contributed by atoms with van der Waals surface area (Å²) in [6.07, 6.45) is 3.36. The van der Waals surface area contributed by atoms with Gasteiger partial charge in [0.15, 0.2) is 5.96 Å². The Labute approximate surface area is 205 Å². The molecule has 0 aromatic heterocycles. The molecule has 0 fully saturated rings. The van der Waals surface area contributed by atoms with Crippen LogP contribution >= 0.6 is 24.0 Å². The number of hydrogen-bond acceptors (Lipinski definition) is 4. The molecule has 1 rings (SSSR count). The molecule has 0 aliphatic rings. The van der Waals surface area contributed by atoms with Gasteiger partial charge in [-0.15, -0.1) is 24.0 Å². The van der Waals surface area contributed by atoms with Crippen molar-refractivity contribution in [2.24, 2.45) is 4.99 Å². The van der Waals surface area contributed by atoms with E-state index in [-0.39, 0.29) is 30.1 Å². The van der Waals surface area contributed by atoms with Gasteiger partial charge in [-0.2, -0.15) is 0 Å². The molecule has 7 nitrogen and oxygen atoms in total. The fourth-order valence-electron chi connectivity index (χ4n) is 2.59. The van der Waals surface area contributed by atoms with Gasteiger partial charge in [0.1, 0.15) is 5.60 Å². The van der Waals surface area contributed by atoms with Gasteiger partial charge in [-0.05, 0) is 58.9 Å². The van der Waals surface area contributed by atoms with Crippen LogP contribution in [0.2, 0.25) is 0 Å². The van der Waals surface area contributed by atoms with Crippen LogP contribution in [0.4, 0.5) is 4.79 Å². The summed E-state index contributed by atoms with van der Waals surface area (Å²) in [7, 11) is 0. The van der Waals surface area contributed by atoms with E-state index in [4.69, 9.17) is 9.47 Å². The topological polar surface area (TPSA) is 84.0 Å². The number of rotatable bonds is 13. The second kappa shape index (κ2) is 18.1. The molecule has 1 aromatic rings. The molecule has 0 saturated heterocycles. The lowest BCUT2D eigenvalue weighted by molar-refractivity contribution is 0.0527. The van der Waals surface area contributed by atoms with Crippen LogP contribution in [-0.2, 0) is 15.9 Å². The van der Waals surface area contributed by atoms with Crippen LogP contribution in [0.15, 0.2) is 35.3 Å². The van der Waals surface area contributed by atoms with Crippen molar-refractivity contribution < 1.29 is 14.3 Å². The first-order valence-corrected chi connectivity index (χ1v) is 11.0. The molecule has 1 aromatic carbocycles. The maximum absolute atomic E-state index is 11.6. The van der Waals surface area contributed by atoms with Gasteiger partial charge in [-0.1, -0.05) is 30.3 Å². The first-order chi connectivity index (χ1) is 14.4. The van der Waals surface area contributed by atoms with Crippen molar-refractivity contribution in [3.05, 3.63) is 35.9 Å². The van der Waals surface area contributed by atoms with E-state index in [2.05, 4.69) is 45.2 Å². The van der Waals surface area contributed by atoms with Crippen LogP contribution < -0.4 is 16.0 Å². The van der Waals surface area contributed by atoms with Crippen molar-refractivity contribution in [2.45, 2.75) is 59.0 Å². The number of alkyl carbamates (subject to hydrolysis) is 1. The number of carbonyl (C=O) groups excluding carboxylic acids is 1. The average Bonchev–Trinajstić information content (AvgIpc) is 2.69. The fourth-order valence-corrected chi connectivity index (χ4v) is 2.59. The number of carbonyl (C=O) groups is 1. The highest BCUT2D eigenvalue weighted by Crippen LogP contribution is 2.06. The zero-order valence-corrected chi connectivity index (χ0v) is 21.9. The summed E-state index contributed by atoms with van der Waals surface area (Å²) in [4.78, 5) is 16.1. The van der Waals surface area contributed by atoms with E-state index in [0.29, 0.717) is 13.1 Å². The van der Waals surface area contributed by atoms with Crippen molar-refractivity contribution in [3.63, 3.8) is 0 Å². The van der Waals surface area contributed by atoms with Crippen LogP contribution in [0, 0.1) is 0 Å². The molecule has 0 bridgehead atoms. The van der Waals surface area contributed by atoms with Crippen LogP contribution in [0.5, 0.6) is 0 Å². The molecule has 0 aliphatic carbocycles. The minimum atomic E-state index is -0.475. The minimum absolute atomic E-state index is 0. The predicted molar refractivity (Wildman–Crippen MR) is 138 cm³/mol. The minimum Gasteiger partial charge on any atom is -0.444 e. The number of hydrogen-bond donors (Lipinski definition) is 3.